The first-order chi connectivity index (χ1) is 8.50. The Bertz CT molecular complexity index is 573. The van der Waals surface area contributed by atoms with Crippen molar-refractivity contribution in [3.8, 4) is 5.75 Å². The van der Waals surface area contributed by atoms with E-state index in [0.717, 1.165) is 28.1 Å². The number of aryl methyl sites for hydroxylation is 2. The molecule has 4 heteroatoms. The van der Waals surface area contributed by atoms with Gasteiger partial charge in [0.15, 0.2) is 0 Å². The summed E-state index contributed by atoms with van der Waals surface area (Å²) in [5.74, 6) is 0.364. The topological polar surface area (TPSA) is 50.1 Å². The van der Waals surface area contributed by atoms with Crippen LogP contribution in [0.4, 0.5) is 5.69 Å². The van der Waals surface area contributed by atoms with E-state index in [9.17, 15) is 5.11 Å². The second-order valence-corrected chi connectivity index (χ2v) is 4.64. The van der Waals surface area contributed by atoms with E-state index in [1.165, 1.54) is 0 Å². The molecule has 0 atom stereocenters. The van der Waals surface area contributed by atoms with Gasteiger partial charge >= 0.3 is 0 Å². The average Bonchev–Trinajstić information content (AvgIpc) is 2.67. The van der Waals surface area contributed by atoms with E-state index < -0.39 is 0 Å². The number of aromatic hydroxyl groups is 1. The predicted octanol–water partition coefficient (Wildman–Crippen LogP) is 2.66. The number of nitrogens with one attached hydrogen (secondary N) is 1. The molecule has 4 nitrogen and oxygen atoms in total. The highest BCUT2D eigenvalue weighted by molar-refractivity contribution is 5.59. The normalized spacial score (nSPS) is 10.7. The fourth-order valence-corrected chi connectivity index (χ4v) is 1.94. The van der Waals surface area contributed by atoms with Gasteiger partial charge in [0.1, 0.15) is 5.75 Å². The maximum atomic E-state index is 9.89. The van der Waals surface area contributed by atoms with Crippen molar-refractivity contribution in [1.29, 1.82) is 0 Å². The number of rotatable bonds is 3. The van der Waals surface area contributed by atoms with Gasteiger partial charge in [-0.05, 0) is 32.4 Å². The summed E-state index contributed by atoms with van der Waals surface area (Å²) in [5, 5.41) is 17.4. The molecule has 0 radical (unpaired) electrons. The van der Waals surface area contributed by atoms with Crippen LogP contribution in [0.3, 0.4) is 0 Å². The molecule has 0 spiro atoms. The summed E-state index contributed by atoms with van der Waals surface area (Å²) >= 11 is 0. The summed E-state index contributed by atoms with van der Waals surface area (Å²) in [6, 6.07) is 3.91. The van der Waals surface area contributed by atoms with Crippen molar-refractivity contribution < 1.29 is 5.11 Å². The largest absolute Gasteiger partial charge is 0.507 e. The minimum atomic E-state index is 0.364. The van der Waals surface area contributed by atoms with Crippen molar-refractivity contribution >= 4 is 5.69 Å². The lowest BCUT2D eigenvalue weighted by atomic mass is 10.1. The van der Waals surface area contributed by atoms with Gasteiger partial charge in [-0.25, -0.2) is 0 Å². The van der Waals surface area contributed by atoms with Crippen LogP contribution in [0, 0.1) is 20.8 Å². The molecule has 0 saturated carbocycles. The summed E-state index contributed by atoms with van der Waals surface area (Å²) in [4.78, 5) is 0. The summed E-state index contributed by atoms with van der Waals surface area (Å²) < 4.78 is 1.86. The Kier molecular flexibility index (Phi) is 3.28. The van der Waals surface area contributed by atoms with Crippen LogP contribution in [0.5, 0.6) is 5.75 Å². The van der Waals surface area contributed by atoms with Crippen molar-refractivity contribution in [3.05, 3.63) is 40.7 Å². The summed E-state index contributed by atoms with van der Waals surface area (Å²) in [7, 11) is 1.93. The van der Waals surface area contributed by atoms with Crippen molar-refractivity contribution in [2.75, 3.05) is 5.32 Å². The van der Waals surface area contributed by atoms with Crippen molar-refractivity contribution in [2.45, 2.75) is 27.3 Å². The van der Waals surface area contributed by atoms with Crippen LogP contribution in [-0.4, -0.2) is 14.9 Å². The van der Waals surface area contributed by atoms with Gasteiger partial charge in [0.25, 0.3) is 0 Å². The fourth-order valence-electron chi connectivity index (χ4n) is 1.94. The average molecular weight is 245 g/mol. The van der Waals surface area contributed by atoms with Crippen LogP contribution in [0.25, 0.3) is 0 Å². The Morgan fingerprint density at radius 2 is 2.00 bits per heavy atom. The highest BCUT2D eigenvalue weighted by Crippen LogP contribution is 2.28. The molecule has 0 unspecified atom stereocenters. The van der Waals surface area contributed by atoms with Gasteiger partial charge in [-0.2, -0.15) is 5.10 Å². The molecular weight excluding hydrogens is 226 g/mol. The molecule has 2 rings (SSSR count). The number of benzene rings is 1. The molecular formula is C14H19N3O. The first-order valence-corrected chi connectivity index (χ1v) is 6.01. The van der Waals surface area contributed by atoms with Gasteiger partial charge in [-0.3, -0.25) is 4.68 Å². The zero-order valence-corrected chi connectivity index (χ0v) is 11.3. The number of phenolic OH excluding ortho intramolecular Hbond substituents is 1. The highest BCUT2D eigenvalue weighted by atomic mass is 16.3. The quantitative estimate of drug-likeness (QED) is 0.874. The van der Waals surface area contributed by atoms with E-state index in [-0.39, 0.29) is 0 Å². The van der Waals surface area contributed by atoms with Gasteiger partial charge in [-0.1, -0.05) is 6.07 Å². The lowest BCUT2D eigenvalue weighted by Crippen LogP contribution is -2.03. The molecule has 0 bridgehead atoms. The summed E-state index contributed by atoms with van der Waals surface area (Å²) in [5.41, 5.74) is 5.06. The van der Waals surface area contributed by atoms with E-state index in [1.807, 2.05) is 50.8 Å². The third-order valence-corrected chi connectivity index (χ3v) is 3.44. The van der Waals surface area contributed by atoms with E-state index in [2.05, 4.69) is 10.4 Å². The van der Waals surface area contributed by atoms with E-state index in [1.54, 1.807) is 0 Å². The molecule has 0 aliphatic rings. The fraction of sp³-hybridized carbons (Fsp3) is 0.357. The second kappa shape index (κ2) is 4.72. The van der Waals surface area contributed by atoms with Gasteiger partial charge in [0.2, 0.25) is 0 Å². The van der Waals surface area contributed by atoms with Gasteiger partial charge in [-0.15, -0.1) is 0 Å². The van der Waals surface area contributed by atoms with Crippen LogP contribution in [0.2, 0.25) is 0 Å². The first kappa shape index (κ1) is 12.5. The van der Waals surface area contributed by atoms with Crippen LogP contribution < -0.4 is 5.32 Å². The Labute approximate surface area is 107 Å². The van der Waals surface area contributed by atoms with Crippen LogP contribution in [0.15, 0.2) is 18.3 Å². The molecule has 96 valence electrons. The number of aromatic nitrogens is 2. The highest BCUT2D eigenvalue weighted by Gasteiger charge is 2.07. The molecule has 1 aromatic carbocycles. The number of hydrogen-bond acceptors (Lipinski definition) is 3. The number of phenols is 1. The first-order valence-electron chi connectivity index (χ1n) is 6.01. The number of hydrogen-bond donors (Lipinski definition) is 2. The maximum absolute atomic E-state index is 9.89. The monoisotopic (exact) mass is 245 g/mol. The van der Waals surface area contributed by atoms with Gasteiger partial charge in [0, 0.05) is 36.1 Å². The molecule has 1 heterocycles. The standard InChI is InChI=1S/C14H19N3O/c1-9-5-6-13(10(2)14(9)18)15-7-12-8-16-17(4)11(12)3/h5-6,8,15,18H,7H2,1-4H3. The zero-order valence-electron chi connectivity index (χ0n) is 11.3. The summed E-state index contributed by atoms with van der Waals surface area (Å²) in [6.45, 7) is 6.57. The molecule has 0 fully saturated rings. The van der Waals surface area contributed by atoms with Crippen LogP contribution in [0.1, 0.15) is 22.4 Å². The van der Waals surface area contributed by atoms with Gasteiger partial charge < -0.3 is 10.4 Å². The van der Waals surface area contributed by atoms with Crippen molar-refractivity contribution in [2.24, 2.45) is 7.05 Å². The van der Waals surface area contributed by atoms with Crippen LogP contribution >= 0.6 is 0 Å². The molecule has 18 heavy (non-hydrogen) atoms. The molecule has 0 aliphatic carbocycles. The number of anilines is 1. The summed E-state index contributed by atoms with van der Waals surface area (Å²) in [6.07, 6.45) is 1.87. The van der Waals surface area contributed by atoms with E-state index in [0.29, 0.717) is 12.3 Å². The second-order valence-electron chi connectivity index (χ2n) is 4.64. The van der Waals surface area contributed by atoms with E-state index in [4.69, 9.17) is 0 Å². The van der Waals surface area contributed by atoms with E-state index >= 15 is 0 Å². The lowest BCUT2D eigenvalue weighted by Gasteiger charge is -2.12. The molecule has 0 amide bonds. The Hall–Kier alpha value is -1.97. The Balaban J connectivity index is 2.16. The smallest absolute Gasteiger partial charge is 0.123 e. The van der Waals surface area contributed by atoms with Crippen molar-refractivity contribution in [1.82, 2.24) is 9.78 Å². The third-order valence-electron chi connectivity index (χ3n) is 3.44. The van der Waals surface area contributed by atoms with Gasteiger partial charge in [0.05, 0.1) is 6.20 Å². The molecule has 0 aliphatic heterocycles. The third kappa shape index (κ3) is 2.18. The number of nitrogens with zero attached hydrogens (tertiary/aromatic N) is 2. The maximum Gasteiger partial charge on any atom is 0.123 e. The Morgan fingerprint density at radius 1 is 1.28 bits per heavy atom. The Morgan fingerprint density at radius 3 is 2.61 bits per heavy atom. The minimum Gasteiger partial charge on any atom is -0.507 e. The molecule has 0 saturated heterocycles. The van der Waals surface area contributed by atoms with Crippen molar-refractivity contribution in [3.63, 3.8) is 0 Å². The molecule has 2 N–H and O–H groups in total. The lowest BCUT2D eigenvalue weighted by molar-refractivity contribution is 0.467. The zero-order chi connectivity index (χ0) is 13.3. The van der Waals surface area contributed by atoms with Crippen LogP contribution in [-0.2, 0) is 13.6 Å². The predicted molar refractivity (Wildman–Crippen MR) is 72.9 cm³/mol. The molecule has 1 aromatic heterocycles. The SMILES string of the molecule is Cc1ccc(NCc2cnn(C)c2C)c(C)c1O. The molecule has 2 aromatic rings. The minimum absolute atomic E-state index is 0.364.